The smallest absolute Gasteiger partial charge is 0.336 e. The summed E-state index contributed by atoms with van der Waals surface area (Å²) in [6, 6.07) is 3.26. The number of carbonyl (C=O) groups excluding carboxylic acids is 2. The van der Waals surface area contributed by atoms with Crippen molar-refractivity contribution in [3.63, 3.8) is 0 Å². The number of esters is 1. The Bertz CT molecular complexity index is 334. The van der Waals surface area contributed by atoms with Gasteiger partial charge in [0.1, 0.15) is 5.69 Å². The van der Waals surface area contributed by atoms with Gasteiger partial charge < -0.3 is 20.1 Å². The highest BCUT2D eigenvalue weighted by molar-refractivity contribution is 5.92. The Morgan fingerprint density at radius 1 is 1.67 bits per heavy atom. The molecule has 0 radical (unpaired) electrons. The summed E-state index contributed by atoms with van der Waals surface area (Å²) in [5.41, 5.74) is 0.368. The lowest BCUT2D eigenvalue weighted by Crippen LogP contribution is -2.37. The van der Waals surface area contributed by atoms with Gasteiger partial charge in [0.25, 0.3) is 5.91 Å². The van der Waals surface area contributed by atoms with Gasteiger partial charge in [0.2, 0.25) is 0 Å². The summed E-state index contributed by atoms with van der Waals surface area (Å²) in [4.78, 5) is 24.8. The minimum Gasteiger partial charge on any atom is -0.467 e. The van der Waals surface area contributed by atoms with Crippen LogP contribution in [0.25, 0.3) is 0 Å². The molecule has 1 aromatic rings. The molecule has 0 fully saturated rings. The zero-order chi connectivity index (χ0) is 11.3. The minimum atomic E-state index is -1.34. The molecular weight excluding hydrogens is 200 g/mol. The molecular formula is C9H12N2O4. The number of aromatic nitrogens is 1. The lowest BCUT2D eigenvalue weighted by atomic mass is 10.3. The highest BCUT2D eigenvalue weighted by atomic mass is 16.5. The van der Waals surface area contributed by atoms with Gasteiger partial charge in [-0.2, -0.15) is 0 Å². The van der Waals surface area contributed by atoms with Crippen LogP contribution in [0.1, 0.15) is 10.5 Å². The molecule has 1 heterocycles. The number of H-pyrrole nitrogens is 1. The topological polar surface area (TPSA) is 91.4 Å². The van der Waals surface area contributed by atoms with Crippen LogP contribution >= 0.6 is 0 Å². The number of aromatic amines is 1. The van der Waals surface area contributed by atoms with E-state index < -0.39 is 12.1 Å². The summed E-state index contributed by atoms with van der Waals surface area (Å²) in [5, 5.41) is 11.5. The Kier molecular flexibility index (Phi) is 3.87. The second kappa shape index (κ2) is 5.16. The highest BCUT2D eigenvalue weighted by Gasteiger charge is 2.16. The molecule has 1 aromatic heterocycles. The van der Waals surface area contributed by atoms with Gasteiger partial charge in [-0.3, -0.25) is 4.79 Å². The second-order valence-corrected chi connectivity index (χ2v) is 2.83. The quantitative estimate of drug-likeness (QED) is 0.574. The van der Waals surface area contributed by atoms with Crippen molar-refractivity contribution in [3.05, 3.63) is 24.0 Å². The predicted molar refractivity (Wildman–Crippen MR) is 51.1 cm³/mol. The van der Waals surface area contributed by atoms with E-state index in [4.69, 9.17) is 5.11 Å². The van der Waals surface area contributed by atoms with E-state index in [1.54, 1.807) is 18.3 Å². The molecule has 6 nitrogen and oxygen atoms in total. The molecule has 1 atom stereocenters. The summed E-state index contributed by atoms with van der Waals surface area (Å²) in [6.45, 7) is -0.176. The van der Waals surface area contributed by atoms with Crippen molar-refractivity contribution in [2.75, 3.05) is 13.7 Å². The van der Waals surface area contributed by atoms with Gasteiger partial charge >= 0.3 is 5.97 Å². The number of hydrogen-bond acceptors (Lipinski definition) is 4. The molecule has 0 aliphatic carbocycles. The average Bonchev–Trinajstić information content (AvgIpc) is 2.77. The van der Waals surface area contributed by atoms with Crippen molar-refractivity contribution < 1.29 is 19.4 Å². The van der Waals surface area contributed by atoms with Crippen LogP contribution in [0.3, 0.4) is 0 Å². The van der Waals surface area contributed by atoms with Crippen LogP contribution in [0, 0.1) is 0 Å². The normalized spacial score (nSPS) is 11.9. The second-order valence-electron chi connectivity index (χ2n) is 2.83. The summed E-state index contributed by atoms with van der Waals surface area (Å²) in [5.74, 6) is -1.16. The summed E-state index contributed by atoms with van der Waals surface area (Å²) < 4.78 is 4.29. The van der Waals surface area contributed by atoms with Gasteiger partial charge in [-0.15, -0.1) is 0 Å². The van der Waals surface area contributed by atoms with Crippen molar-refractivity contribution in [2.45, 2.75) is 6.10 Å². The van der Waals surface area contributed by atoms with Crippen LogP contribution in [0.5, 0.6) is 0 Å². The summed E-state index contributed by atoms with van der Waals surface area (Å²) in [7, 11) is 1.17. The van der Waals surface area contributed by atoms with E-state index >= 15 is 0 Å². The van der Waals surface area contributed by atoms with E-state index in [-0.39, 0.29) is 12.5 Å². The number of nitrogens with one attached hydrogen (secondary N) is 2. The molecule has 0 spiro atoms. The van der Waals surface area contributed by atoms with E-state index in [1.165, 1.54) is 7.11 Å². The first kappa shape index (κ1) is 11.3. The number of aliphatic hydroxyl groups is 1. The third-order valence-corrected chi connectivity index (χ3v) is 1.77. The number of methoxy groups -OCH3 is 1. The molecule has 1 rings (SSSR count). The molecule has 0 saturated carbocycles. The van der Waals surface area contributed by atoms with Crippen LogP contribution in [-0.2, 0) is 9.53 Å². The maximum absolute atomic E-state index is 11.3. The molecule has 15 heavy (non-hydrogen) atoms. The molecule has 82 valence electrons. The van der Waals surface area contributed by atoms with E-state index in [9.17, 15) is 9.59 Å². The van der Waals surface area contributed by atoms with Crippen LogP contribution in [0.2, 0.25) is 0 Å². The lowest BCUT2D eigenvalue weighted by Gasteiger charge is -2.08. The van der Waals surface area contributed by atoms with Gasteiger partial charge in [-0.1, -0.05) is 0 Å². The lowest BCUT2D eigenvalue weighted by molar-refractivity contribution is -0.149. The Labute approximate surface area is 86.2 Å². The monoisotopic (exact) mass is 212 g/mol. The van der Waals surface area contributed by atoms with Crippen molar-refractivity contribution in [1.29, 1.82) is 0 Å². The summed E-state index contributed by atoms with van der Waals surface area (Å²) >= 11 is 0. The number of aliphatic hydroxyl groups excluding tert-OH is 1. The SMILES string of the molecule is COC(=O)C(O)CNC(=O)c1ccc[nH]1. The standard InChI is InChI=1S/C9H12N2O4/c1-15-9(14)7(12)5-11-8(13)6-3-2-4-10-6/h2-4,7,10,12H,5H2,1H3,(H,11,13). The van der Waals surface area contributed by atoms with Crippen molar-refractivity contribution in [2.24, 2.45) is 0 Å². The van der Waals surface area contributed by atoms with Crippen molar-refractivity contribution >= 4 is 11.9 Å². The summed E-state index contributed by atoms with van der Waals surface area (Å²) in [6.07, 6.45) is 0.264. The van der Waals surface area contributed by atoms with E-state index in [2.05, 4.69) is 15.0 Å². The molecule has 0 aromatic carbocycles. The number of amides is 1. The molecule has 0 aliphatic rings. The van der Waals surface area contributed by atoms with Crippen LogP contribution < -0.4 is 5.32 Å². The van der Waals surface area contributed by atoms with E-state index in [0.717, 1.165) is 0 Å². The van der Waals surface area contributed by atoms with Gasteiger partial charge in [-0.05, 0) is 12.1 Å². The third kappa shape index (κ3) is 3.10. The van der Waals surface area contributed by atoms with Crippen LogP contribution in [-0.4, -0.2) is 41.7 Å². The average molecular weight is 212 g/mol. The van der Waals surface area contributed by atoms with Crippen LogP contribution in [0.4, 0.5) is 0 Å². The maximum atomic E-state index is 11.3. The van der Waals surface area contributed by atoms with Gasteiger partial charge in [0.15, 0.2) is 6.10 Å². The third-order valence-electron chi connectivity index (χ3n) is 1.77. The first-order valence-electron chi connectivity index (χ1n) is 4.32. The van der Waals surface area contributed by atoms with Gasteiger partial charge in [-0.25, -0.2) is 4.79 Å². The largest absolute Gasteiger partial charge is 0.467 e. The fourth-order valence-corrected chi connectivity index (χ4v) is 0.976. The number of rotatable bonds is 4. The number of ether oxygens (including phenoxy) is 1. The molecule has 0 bridgehead atoms. The molecule has 6 heteroatoms. The zero-order valence-corrected chi connectivity index (χ0v) is 8.19. The Balaban J connectivity index is 2.38. The minimum absolute atomic E-state index is 0.176. The highest BCUT2D eigenvalue weighted by Crippen LogP contribution is 1.94. The van der Waals surface area contributed by atoms with Crippen molar-refractivity contribution in [1.82, 2.24) is 10.3 Å². The molecule has 3 N–H and O–H groups in total. The Morgan fingerprint density at radius 3 is 2.93 bits per heavy atom. The van der Waals surface area contributed by atoms with Crippen molar-refractivity contribution in [3.8, 4) is 0 Å². The number of hydrogen-bond donors (Lipinski definition) is 3. The van der Waals surface area contributed by atoms with Crippen LogP contribution in [0.15, 0.2) is 18.3 Å². The van der Waals surface area contributed by atoms with Gasteiger partial charge in [0, 0.05) is 6.20 Å². The maximum Gasteiger partial charge on any atom is 0.336 e. The molecule has 1 amide bonds. The predicted octanol–water partition coefficient (Wildman–Crippen LogP) is -0.722. The number of carbonyl (C=O) groups is 2. The molecule has 0 aliphatic heterocycles. The van der Waals surface area contributed by atoms with E-state index in [1.807, 2.05) is 0 Å². The zero-order valence-electron chi connectivity index (χ0n) is 8.19. The molecule has 0 saturated heterocycles. The first-order valence-corrected chi connectivity index (χ1v) is 4.32. The molecule has 1 unspecified atom stereocenters. The fourth-order valence-electron chi connectivity index (χ4n) is 0.976. The Morgan fingerprint density at radius 2 is 2.40 bits per heavy atom. The van der Waals surface area contributed by atoms with Gasteiger partial charge in [0.05, 0.1) is 13.7 Å². The first-order chi connectivity index (χ1) is 7.15. The van der Waals surface area contributed by atoms with E-state index in [0.29, 0.717) is 5.69 Å². The fraction of sp³-hybridized carbons (Fsp3) is 0.333. The Hall–Kier alpha value is -1.82.